The maximum Gasteiger partial charge on any atom is 0.335 e. The zero-order valence-electron chi connectivity index (χ0n) is 17.3. The van der Waals surface area contributed by atoms with Crippen molar-refractivity contribution in [3.05, 3.63) is 90.5 Å². The quantitative estimate of drug-likeness (QED) is 0.325. The van der Waals surface area contributed by atoms with E-state index in [1.54, 1.807) is 19.1 Å². The molecule has 0 aliphatic carbocycles. The number of hydrogen-bond acceptors (Lipinski definition) is 4. The van der Waals surface area contributed by atoms with Gasteiger partial charge in [0.25, 0.3) is 0 Å². The van der Waals surface area contributed by atoms with E-state index in [1.165, 1.54) is 23.9 Å². The summed E-state index contributed by atoms with van der Waals surface area (Å²) < 4.78 is 0. The number of carbonyl (C=O) groups is 2. The second-order valence-electron chi connectivity index (χ2n) is 7.13. The molecule has 0 fully saturated rings. The fraction of sp³-hybridized carbons (Fsp3) is 0.0800. The molecular formula is C25H21N3O3S. The van der Waals surface area contributed by atoms with Gasteiger partial charge in [-0.3, -0.25) is 4.79 Å². The van der Waals surface area contributed by atoms with E-state index in [2.05, 4.69) is 10.3 Å². The molecule has 32 heavy (non-hydrogen) atoms. The van der Waals surface area contributed by atoms with Gasteiger partial charge in [-0.05, 0) is 31.2 Å². The fourth-order valence-corrected chi connectivity index (χ4v) is 3.99. The van der Waals surface area contributed by atoms with Gasteiger partial charge in [0.15, 0.2) is 5.16 Å². The first kappa shape index (κ1) is 21.4. The third kappa shape index (κ3) is 4.90. The molecule has 3 N–H and O–H groups in total. The number of carbonyl (C=O) groups excluding carboxylic acids is 1. The highest BCUT2D eigenvalue weighted by Gasteiger charge is 2.20. The van der Waals surface area contributed by atoms with Crippen LogP contribution < -0.4 is 5.32 Å². The number of aromatic amines is 1. The summed E-state index contributed by atoms with van der Waals surface area (Å²) in [5.74, 6) is -1.20. The Labute approximate surface area is 189 Å². The molecule has 0 saturated heterocycles. The van der Waals surface area contributed by atoms with Gasteiger partial charge in [0.1, 0.15) is 0 Å². The number of amides is 1. The number of nitrogens with one attached hydrogen (secondary N) is 2. The average molecular weight is 444 g/mol. The maximum absolute atomic E-state index is 12.7. The van der Waals surface area contributed by atoms with E-state index < -0.39 is 11.2 Å². The van der Waals surface area contributed by atoms with Gasteiger partial charge in [-0.25, -0.2) is 9.78 Å². The second kappa shape index (κ2) is 9.53. The number of hydrogen-bond donors (Lipinski definition) is 3. The predicted molar refractivity (Wildman–Crippen MR) is 127 cm³/mol. The highest BCUT2D eigenvalue weighted by molar-refractivity contribution is 8.00. The summed E-state index contributed by atoms with van der Waals surface area (Å²) in [6.45, 7) is 1.80. The molecule has 0 saturated carbocycles. The minimum Gasteiger partial charge on any atom is -0.478 e. The standard InChI is InChI=1S/C25H21N3O3S/c1-16(23(29)26-20-14-12-19(13-15-20)24(30)31)32-25-27-21(17-8-4-2-5-9-17)22(28-25)18-10-6-3-7-11-18/h2-16H,1H3,(H,26,29)(H,27,28)(H,30,31). The van der Waals surface area contributed by atoms with Gasteiger partial charge in [-0.2, -0.15) is 0 Å². The first-order valence-corrected chi connectivity index (χ1v) is 10.9. The highest BCUT2D eigenvalue weighted by Crippen LogP contribution is 2.33. The van der Waals surface area contributed by atoms with Crippen LogP contribution in [0.1, 0.15) is 17.3 Å². The van der Waals surface area contributed by atoms with Crippen molar-refractivity contribution < 1.29 is 14.7 Å². The van der Waals surface area contributed by atoms with Gasteiger partial charge in [-0.15, -0.1) is 0 Å². The summed E-state index contributed by atoms with van der Waals surface area (Å²) >= 11 is 1.33. The Kier molecular flexibility index (Phi) is 6.37. The lowest BCUT2D eigenvalue weighted by molar-refractivity contribution is -0.115. The number of thioether (sulfide) groups is 1. The molecule has 7 heteroatoms. The second-order valence-corrected chi connectivity index (χ2v) is 8.46. The van der Waals surface area contributed by atoms with Crippen molar-refractivity contribution in [3.63, 3.8) is 0 Å². The Morgan fingerprint density at radius 3 is 2.09 bits per heavy atom. The molecule has 6 nitrogen and oxygen atoms in total. The van der Waals surface area contributed by atoms with E-state index in [-0.39, 0.29) is 11.5 Å². The molecule has 1 heterocycles. The molecule has 1 aromatic heterocycles. The largest absolute Gasteiger partial charge is 0.478 e. The van der Waals surface area contributed by atoms with Crippen LogP contribution in [0.2, 0.25) is 0 Å². The van der Waals surface area contributed by atoms with Crippen molar-refractivity contribution in [2.24, 2.45) is 0 Å². The van der Waals surface area contributed by atoms with Crippen LogP contribution in [0.3, 0.4) is 0 Å². The van der Waals surface area contributed by atoms with E-state index in [0.717, 1.165) is 22.5 Å². The SMILES string of the molecule is CC(Sc1nc(-c2ccccc2)c(-c2ccccc2)[nH]1)C(=O)Nc1ccc(C(=O)O)cc1. The molecule has 0 aliphatic heterocycles. The third-order valence-corrected chi connectivity index (χ3v) is 5.83. The average Bonchev–Trinajstić information content (AvgIpc) is 3.24. The zero-order valence-corrected chi connectivity index (χ0v) is 18.1. The molecular weight excluding hydrogens is 422 g/mol. The van der Waals surface area contributed by atoms with Gasteiger partial charge in [0.2, 0.25) is 5.91 Å². The van der Waals surface area contributed by atoms with Crippen LogP contribution in [0.15, 0.2) is 90.1 Å². The van der Waals surface area contributed by atoms with Gasteiger partial charge in [0.05, 0.1) is 22.2 Å². The number of rotatable bonds is 7. The lowest BCUT2D eigenvalue weighted by Gasteiger charge is -2.10. The predicted octanol–water partition coefficient (Wildman–Crippen LogP) is 5.56. The van der Waals surface area contributed by atoms with Crippen molar-refractivity contribution in [1.82, 2.24) is 9.97 Å². The minimum absolute atomic E-state index is 0.169. The number of aromatic carboxylic acids is 1. The van der Waals surface area contributed by atoms with E-state index in [4.69, 9.17) is 10.1 Å². The highest BCUT2D eigenvalue weighted by atomic mass is 32.2. The van der Waals surface area contributed by atoms with Crippen molar-refractivity contribution >= 4 is 29.3 Å². The number of imidazole rings is 1. The van der Waals surface area contributed by atoms with Crippen LogP contribution in [-0.4, -0.2) is 32.2 Å². The Morgan fingerprint density at radius 1 is 0.906 bits per heavy atom. The van der Waals surface area contributed by atoms with Gasteiger partial charge in [-0.1, -0.05) is 72.4 Å². The number of aromatic nitrogens is 2. The minimum atomic E-state index is -1.01. The number of anilines is 1. The van der Waals surface area contributed by atoms with Crippen molar-refractivity contribution in [3.8, 4) is 22.5 Å². The van der Waals surface area contributed by atoms with Crippen LogP contribution >= 0.6 is 11.8 Å². The van der Waals surface area contributed by atoms with E-state index >= 15 is 0 Å². The summed E-state index contributed by atoms with van der Waals surface area (Å²) in [5.41, 5.74) is 4.45. The smallest absolute Gasteiger partial charge is 0.335 e. The summed E-state index contributed by atoms with van der Waals surface area (Å²) in [4.78, 5) is 31.8. The van der Waals surface area contributed by atoms with E-state index in [0.29, 0.717) is 10.8 Å². The normalized spacial score (nSPS) is 11.7. The zero-order chi connectivity index (χ0) is 22.5. The summed E-state index contributed by atoms with van der Waals surface area (Å²) in [6.07, 6.45) is 0. The molecule has 1 unspecified atom stereocenters. The van der Waals surface area contributed by atoms with Crippen LogP contribution in [0.25, 0.3) is 22.5 Å². The first-order chi connectivity index (χ1) is 15.5. The Balaban J connectivity index is 1.54. The third-order valence-electron chi connectivity index (χ3n) is 4.85. The van der Waals surface area contributed by atoms with E-state index in [9.17, 15) is 9.59 Å². The summed E-state index contributed by atoms with van der Waals surface area (Å²) in [5, 5.41) is 12.0. The Hall–Kier alpha value is -3.84. The van der Waals surface area contributed by atoms with E-state index in [1.807, 2.05) is 60.7 Å². The molecule has 1 atom stereocenters. The van der Waals surface area contributed by atoms with Crippen LogP contribution in [-0.2, 0) is 4.79 Å². The Bertz CT molecular complexity index is 1170. The van der Waals surface area contributed by atoms with Crippen molar-refractivity contribution in [2.75, 3.05) is 5.32 Å². The van der Waals surface area contributed by atoms with Gasteiger partial charge in [0, 0.05) is 16.8 Å². The van der Waals surface area contributed by atoms with Crippen molar-refractivity contribution in [2.45, 2.75) is 17.3 Å². The lowest BCUT2D eigenvalue weighted by atomic mass is 10.1. The summed E-state index contributed by atoms with van der Waals surface area (Å²) in [6, 6.07) is 25.9. The molecule has 0 spiro atoms. The molecule has 0 bridgehead atoms. The number of nitrogens with zero attached hydrogens (tertiary/aromatic N) is 1. The number of benzene rings is 3. The van der Waals surface area contributed by atoms with Gasteiger partial charge < -0.3 is 15.4 Å². The van der Waals surface area contributed by atoms with Crippen LogP contribution in [0, 0.1) is 0 Å². The molecule has 4 rings (SSSR count). The summed E-state index contributed by atoms with van der Waals surface area (Å²) in [7, 11) is 0. The molecule has 0 aliphatic rings. The van der Waals surface area contributed by atoms with Gasteiger partial charge >= 0.3 is 5.97 Å². The topological polar surface area (TPSA) is 95.1 Å². The van der Waals surface area contributed by atoms with Crippen molar-refractivity contribution in [1.29, 1.82) is 0 Å². The Morgan fingerprint density at radius 2 is 1.50 bits per heavy atom. The number of carboxylic acids is 1. The van der Waals surface area contributed by atoms with Crippen LogP contribution in [0.5, 0.6) is 0 Å². The fourth-order valence-electron chi connectivity index (χ4n) is 3.19. The molecule has 0 radical (unpaired) electrons. The number of carboxylic acid groups (broad SMARTS) is 1. The molecule has 160 valence electrons. The first-order valence-electron chi connectivity index (χ1n) is 10.0. The monoisotopic (exact) mass is 443 g/mol. The lowest BCUT2D eigenvalue weighted by Crippen LogP contribution is -2.22. The molecule has 3 aromatic carbocycles. The molecule has 4 aromatic rings. The molecule has 1 amide bonds. The number of H-pyrrole nitrogens is 1. The van der Waals surface area contributed by atoms with Crippen LogP contribution in [0.4, 0.5) is 5.69 Å². The maximum atomic E-state index is 12.7.